The quantitative estimate of drug-likeness (QED) is 0.555. The number of nitrogens with zero attached hydrogens (tertiary/aromatic N) is 1. The van der Waals surface area contributed by atoms with E-state index in [1.807, 2.05) is 5.32 Å². The first-order valence-corrected chi connectivity index (χ1v) is 8.50. The highest BCUT2D eigenvalue weighted by atomic mass is 35.5. The van der Waals surface area contributed by atoms with E-state index in [1.54, 1.807) is 18.3 Å². The molecule has 2 aromatic rings. The molecule has 0 aliphatic heterocycles. The predicted octanol–water partition coefficient (Wildman–Crippen LogP) is 3.71. The zero-order valence-corrected chi connectivity index (χ0v) is 15.7. The summed E-state index contributed by atoms with van der Waals surface area (Å²) in [5.74, 6) is -3.22. The van der Waals surface area contributed by atoms with Crippen molar-refractivity contribution in [1.29, 1.82) is 0 Å². The van der Waals surface area contributed by atoms with Gasteiger partial charge in [-0.2, -0.15) is 13.2 Å². The molecule has 0 radical (unpaired) electrons. The van der Waals surface area contributed by atoms with Crippen LogP contribution in [-0.2, 0) is 9.53 Å². The van der Waals surface area contributed by atoms with E-state index in [0.29, 0.717) is 5.56 Å². The highest BCUT2D eigenvalue weighted by molar-refractivity contribution is 6.33. The summed E-state index contributed by atoms with van der Waals surface area (Å²) in [6.07, 6.45) is -4.00. The van der Waals surface area contributed by atoms with Gasteiger partial charge in [0.1, 0.15) is 5.82 Å². The number of pyridine rings is 1. The molecule has 0 aliphatic rings. The van der Waals surface area contributed by atoms with Crippen LogP contribution in [0.1, 0.15) is 22.8 Å². The summed E-state index contributed by atoms with van der Waals surface area (Å²) in [7, 11) is 0. The highest BCUT2D eigenvalue weighted by Gasteiger charge is 2.64. The van der Waals surface area contributed by atoms with Crippen LogP contribution in [0.5, 0.6) is 0 Å². The fourth-order valence-electron chi connectivity index (χ4n) is 2.31. The first kappa shape index (κ1) is 21.5. The third-order valence-corrected chi connectivity index (χ3v) is 3.99. The van der Waals surface area contributed by atoms with E-state index in [4.69, 9.17) is 11.6 Å². The Morgan fingerprint density at radius 2 is 1.89 bits per heavy atom. The molecule has 0 spiro atoms. The van der Waals surface area contributed by atoms with Crippen LogP contribution in [0, 0.1) is 6.92 Å². The molecule has 0 aliphatic carbocycles. The maximum Gasteiger partial charge on any atom is 0.441 e. The number of ether oxygens (including phenoxy) is 1. The molecular weight excluding hydrogens is 399 g/mol. The number of aromatic nitrogens is 1. The van der Waals surface area contributed by atoms with Gasteiger partial charge in [0.05, 0.1) is 17.2 Å². The van der Waals surface area contributed by atoms with E-state index in [1.165, 1.54) is 43.5 Å². The van der Waals surface area contributed by atoms with Crippen LogP contribution in [0.4, 0.5) is 19.0 Å². The predicted molar refractivity (Wildman–Crippen MR) is 96.9 cm³/mol. The lowest BCUT2D eigenvalue weighted by atomic mass is 10.1. The fourth-order valence-corrected chi connectivity index (χ4v) is 2.53. The number of hydrogen-bond donors (Lipinski definition) is 2. The molecule has 2 rings (SSSR count). The normalized spacial score (nSPS) is 13.4. The molecule has 1 atom stereocenters. The standard InChI is InChI=1S/C18H17ClF3N3O3/c1-3-28-16(27)17(18(20,21)22,24-14-10-11(2)8-9-23-14)25-15(26)12-6-4-5-7-13(12)19/h4-10H,3H2,1-2H3,(H,23,24)(H,25,26)/t17-/m1/s1. The van der Waals surface area contributed by atoms with Gasteiger partial charge in [-0.15, -0.1) is 0 Å². The second kappa shape index (κ2) is 8.47. The zero-order chi connectivity index (χ0) is 20.9. The van der Waals surface area contributed by atoms with Crippen LogP contribution in [0.2, 0.25) is 5.02 Å². The SMILES string of the molecule is CCOC(=O)[C@](NC(=O)c1ccccc1Cl)(Nc1cc(C)ccn1)C(F)(F)F. The van der Waals surface area contributed by atoms with E-state index in [2.05, 4.69) is 9.72 Å². The van der Waals surface area contributed by atoms with E-state index in [-0.39, 0.29) is 23.0 Å². The van der Waals surface area contributed by atoms with Gasteiger partial charge in [-0.3, -0.25) is 4.79 Å². The highest BCUT2D eigenvalue weighted by Crippen LogP contribution is 2.33. The van der Waals surface area contributed by atoms with Crippen LogP contribution in [0.15, 0.2) is 42.6 Å². The molecular formula is C18H17ClF3N3O3. The molecule has 0 saturated carbocycles. The van der Waals surface area contributed by atoms with Crippen molar-refractivity contribution in [2.45, 2.75) is 25.7 Å². The van der Waals surface area contributed by atoms with E-state index in [0.717, 1.165) is 0 Å². The van der Waals surface area contributed by atoms with Gasteiger partial charge in [0.15, 0.2) is 0 Å². The molecule has 2 N–H and O–H groups in total. The molecule has 0 unspecified atom stereocenters. The topological polar surface area (TPSA) is 80.3 Å². The summed E-state index contributed by atoms with van der Waals surface area (Å²) in [5, 5.41) is 3.62. The molecule has 1 amide bonds. The molecule has 1 heterocycles. The third kappa shape index (κ3) is 4.53. The maximum atomic E-state index is 14.1. The first-order chi connectivity index (χ1) is 13.1. The summed E-state index contributed by atoms with van der Waals surface area (Å²) >= 11 is 5.89. The van der Waals surface area contributed by atoms with Crippen LogP contribution in [0.25, 0.3) is 0 Å². The molecule has 10 heteroatoms. The number of alkyl halides is 3. The first-order valence-electron chi connectivity index (χ1n) is 8.12. The van der Waals surface area contributed by atoms with Crippen molar-refractivity contribution in [2.75, 3.05) is 11.9 Å². The Morgan fingerprint density at radius 1 is 1.21 bits per heavy atom. The average molecular weight is 416 g/mol. The number of halogens is 4. The molecule has 6 nitrogen and oxygen atoms in total. The minimum absolute atomic E-state index is 0.0754. The van der Waals surface area contributed by atoms with Crippen LogP contribution >= 0.6 is 11.6 Å². The van der Waals surface area contributed by atoms with Gasteiger partial charge in [0.2, 0.25) is 0 Å². The number of esters is 1. The van der Waals surface area contributed by atoms with Crippen molar-refractivity contribution in [3.63, 3.8) is 0 Å². The summed E-state index contributed by atoms with van der Waals surface area (Å²) in [4.78, 5) is 28.7. The summed E-state index contributed by atoms with van der Waals surface area (Å²) < 4.78 is 46.8. The Balaban J connectivity index is 2.54. The fraction of sp³-hybridized carbons (Fsp3) is 0.278. The van der Waals surface area contributed by atoms with E-state index >= 15 is 0 Å². The number of hydrogen-bond acceptors (Lipinski definition) is 5. The monoisotopic (exact) mass is 415 g/mol. The minimum Gasteiger partial charge on any atom is -0.463 e. The number of nitrogens with one attached hydrogen (secondary N) is 2. The minimum atomic E-state index is -5.26. The lowest BCUT2D eigenvalue weighted by Crippen LogP contribution is -2.69. The lowest BCUT2D eigenvalue weighted by molar-refractivity contribution is -0.204. The summed E-state index contributed by atoms with van der Waals surface area (Å²) in [6.45, 7) is 2.65. The van der Waals surface area contributed by atoms with Crippen molar-refractivity contribution in [3.05, 3.63) is 58.7 Å². The zero-order valence-electron chi connectivity index (χ0n) is 14.9. The van der Waals surface area contributed by atoms with E-state index in [9.17, 15) is 22.8 Å². The molecule has 1 aromatic heterocycles. The van der Waals surface area contributed by atoms with Gasteiger partial charge in [-0.25, -0.2) is 9.78 Å². The average Bonchev–Trinajstić information content (AvgIpc) is 2.60. The summed E-state index contributed by atoms with van der Waals surface area (Å²) in [6, 6.07) is 8.36. The lowest BCUT2D eigenvalue weighted by Gasteiger charge is -2.35. The Hall–Kier alpha value is -2.81. The number of carbonyl (C=O) groups excluding carboxylic acids is 2. The van der Waals surface area contributed by atoms with Crippen LogP contribution in [-0.4, -0.2) is 35.3 Å². The van der Waals surface area contributed by atoms with Crippen LogP contribution in [0.3, 0.4) is 0 Å². The van der Waals surface area contributed by atoms with Crippen molar-refractivity contribution < 1.29 is 27.5 Å². The Morgan fingerprint density at radius 3 is 2.46 bits per heavy atom. The molecule has 150 valence electrons. The van der Waals surface area contributed by atoms with Gasteiger partial charge in [0, 0.05) is 6.20 Å². The maximum absolute atomic E-state index is 14.1. The third-order valence-electron chi connectivity index (χ3n) is 3.66. The molecule has 28 heavy (non-hydrogen) atoms. The molecule has 0 bridgehead atoms. The van der Waals surface area contributed by atoms with Gasteiger partial charge < -0.3 is 15.4 Å². The van der Waals surface area contributed by atoms with Gasteiger partial charge in [0.25, 0.3) is 5.91 Å². The number of rotatable bonds is 6. The second-order valence-corrected chi connectivity index (χ2v) is 6.15. The van der Waals surface area contributed by atoms with Gasteiger partial charge >= 0.3 is 17.8 Å². The number of amides is 1. The second-order valence-electron chi connectivity index (χ2n) is 5.75. The van der Waals surface area contributed by atoms with Crippen molar-refractivity contribution >= 4 is 29.3 Å². The van der Waals surface area contributed by atoms with Crippen molar-refractivity contribution in [2.24, 2.45) is 0 Å². The van der Waals surface area contributed by atoms with Gasteiger partial charge in [-0.1, -0.05) is 23.7 Å². The van der Waals surface area contributed by atoms with Crippen molar-refractivity contribution in [3.8, 4) is 0 Å². The Kier molecular flexibility index (Phi) is 6.50. The summed E-state index contributed by atoms with van der Waals surface area (Å²) in [5.41, 5.74) is -3.21. The Labute approximate surface area is 164 Å². The Bertz CT molecular complexity index is 876. The molecule has 0 saturated heterocycles. The number of benzene rings is 1. The van der Waals surface area contributed by atoms with Crippen molar-refractivity contribution in [1.82, 2.24) is 10.3 Å². The number of anilines is 1. The molecule has 1 aromatic carbocycles. The number of carbonyl (C=O) groups is 2. The smallest absolute Gasteiger partial charge is 0.441 e. The van der Waals surface area contributed by atoms with Gasteiger partial charge in [-0.05, 0) is 43.7 Å². The van der Waals surface area contributed by atoms with Crippen LogP contribution < -0.4 is 10.6 Å². The largest absolute Gasteiger partial charge is 0.463 e. The van der Waals surface area contributed by atoms with E-state index < -0.39 is 23.7 Å². The number of aryl methyl sites for hydroxylation is 1. The molecule has 0 fully saturated rings.